The van der Waals surface area contributed by atoms with E-state index >= 15 is 0 Å². The summed E-state index contributed by atoms with van der Waals surface area (Å²) < 4.78 is 14.3. The molecule has 1 N–H and O–H groups in total. The fourth-order valence-electron chi connectivity index (χ4n) is 3.63. The molecule has 0 fully saturated rings. The number of Topliss-reactive ketones (excluding diaryl/α,β-unsaturated/α-hetero) is 1. The minimum absolute atomic E-state index is 0.149. The quantitative estimate of drug-likeness (QED) is 0.632. The van der Waals surface area contributed by atoms with Gasteiger partial charge in [-0.2, -0.15) is 0 Å². The smallest absolute Gasteiger partial charge is 0.264 e. The molecule has 1 aliphatic heterocycles. The van der Waals surface area contributed by atoms with Crippen molar-refractivity contribution in [2.45, 2.75) is 18.6 Å². The number of aliphatic hydroxyl groups is 1. The number of benzene rings is 3. The predicted octanol–water partition coefficient (Wildman–Crippen LogP) is 4.49. The van der Waals surface area contributed by atoms with Crippen LogP contribution < -0.4 is 4.90 Å². The van der Waals surface area contributed by atoms with Crippen molar-refractivity contribution in [1.29, 1.82) is 0 Å². The lowest BCUT2D eigenvalue weighted by Crippen LogP contribution is -2.41. The Bertz CT molecular complexity index is 1080. The number of nitrogens with zero attached hydrogens (tertiary/aromatic N) is 1. The molecule has 3 aromatic carbocycles. The van der Waals surface area contributed by atoms with Gasteiger partial charge < -0.3 is 10.0 Å². The highest BCUT2D eigenvalue weighted by Gasteiger charge is 2.51. The van der Waals surface area contributed by atoms with E-state index < -0.39 is 23.7 Å². The molecule has 1 aliphatic rings. The van der Waals surface area contributed by atoms with Crippen LogP contribution in [0.4, 0.5) is 10.1 Å². The largest absolute Gasteiger partial charge is 0.375 e. The van der Waals surface area contributed by atoms with Gasteiger partial charge in [-0.25, -0.2) is 4.39 Å². The third-order valence-electron chi connectivity index (χ3n) is 5.13. The van der Waals surface area contributed by atoms with Crippen molar-refractivity contribution in [2.75, 3.05) is 4.90 Å². The topological polar surface area (TPSA) is 57.6 Å². The summed E-state index contributed by atoms with van der Waals surface area (Å²) in [4.78, 5) is 27.2. The Morgan fingerprint density at radius 2 is 1.69 bits per heavy atom. The van der Waals surface area contributed by atoms with Crippen LogP contribution in [0.5, 0.6) is 0 Å². The molecule has 0 saturated heterocycles. The summed E-state index contributed by atoms with van der Waals surface area (Å²) in [5.41, 5.74) is -0.721. The van der Waals surface area contributed by atoms with Gasteiger partial charge >= 0.3 is 0 Å². The summed E-state index contributed by atoms with van der Waals surface area (Å²) >= 11 is 6.12. The summed E-state index contributed by atoms with van der Waals surface area (Å²) in [7, 11) is 0. The number of hydrogen-bond acceptors (Lipinski definition) is 3. The second-order valence-corrected chi connectivity index (χ2v) is 7.34. The first-order valence-electron chi connectivity index (χ1n) is 9.07. The zero-order valence-electron chi connectivity index (χ0n) is 15.3. The van der Waals surface area contributed by atoms with Gasteiger partial charge in [0.2, 0.25) is 0 Å². The van der Waals surface area contributed by atoms with Crippen LogP contribution in [-0.2, 0) is 16.9 Å². The van der Waals surface area contributed by atoms with Crippen LogP contribution in [0.1, 0.15) is 27.9 Å². The average molecular weight is 410 g/mol. The summed E-state index contributed by atoms with van der Waals surface area (Å²) in [5, 5.41) is 11.5. The molecule has 1 heterocycles. The lowest BCUT2D eigenvalue weighted by Gasteiger charge is -2.23. The number of halogens is 2. The van der Waals surface area contributed by atoms with Crippen molar-refractivity contribution >= 4 is 29.0 Å². The maximum Gasteiger partial charge on any atom is 0.264 e. The molecule has 3 aromatic rings. The van der Waals surface area contributed by atoms with E-state index in [1.165, 1.54) is 23.1 Å². The number of para-hydroxylation sites is 1. The van der Waals surface area contributed by atoms with E-state index in [-0.39, 0.29) is 22.9 Å². The molecule has 0 saturated carbocycles. The van der Waals surface area contributed by atoms with Gasteiger partial charge in [-0.15, -0.1) is 0 Å². The lowest BCUT2D eigenvalue weighted by atomic mass is 9.88. The van der Waals surface area contributed by atoms with Crippen molar-refractivity contribution in [3.8, 4) is 0 Å². The zero-order valence-corrected chi connectivity index (χ0v) is 16.1. The number of hydrogen-bond donors (Lipinski definition) is 1. The van der Waals surface area contributed by atoms with E-state index in [9.17, 15) is 19.1 Å². The SMILES string of the molecule is O=C(CC1(O)C(=O)N(Cc2c(F)cccc2Cl)c2ccccc21)c1ccccc1. The molecule has 0 spiro atoms. The van der Waals surface area contributed by atoms with Crippen LogP contribution in [-0.4, -0.2) is 16.8 Å². The molecular formula is C23H17ClFNO3. The maximum atomic E-state index is 14.3. The monoisotopic (exact) mass is 409 g/mol. The van der Waals surface area contributed by atoms with Crippen LogP contribution in [0.25, 0.3) is 0 Å². The summed E-state index contributed by atoms with van der Waals surface area (Å²) in [6.07, 6.45) is -0.408. The minimum Gasteiger partial charge on any atom is -0.375 e. The Balaban J connectivity index is 1.72. The van der Waals surface area contributed by atoms with Gasteiger partial charge in [0, 0.05) is 21.7 Å². The standard InChI is InChI=1S/C23H17ClFNO3/c24-18-10-6-11-19(25)16(18)14-26-20-12-5-4-9-17(20)23(29,22(26)28)13-21(27)15-7-2-1-3-8-15/h1-12,29H,13-14H2. The van der Waals surface area contributed by atoms with E-state index in [0.29, 0.717) is 16.8 Å². The van der Waals surface area contributed by atoms with Crippen LogP contribution in [0, 0.1) is 5.82 Å². The highest BCUT2D eigenvalue weighted by molar-refractivity contribution is 6.31. The summed E-state index contributed by atoms with van der Waals surface area (Å²) in [6.45, 7) is -0.150. The fourth-order valence-corrected chi connectivity index (χ4v) is 3.86. The normalized spacial score (nSPS) is 18.0. The number of amides is 1. The molecule has 146 valence electrons. The molecule has 0 bridgehead atoms. The lowest BCUT2D eigenvalue weighted by molar-refractivity contribution is -0.136. The van der Waals surface area contributed by atoms with Gasteiger partial charge in [0.15, 0.2) is 11.4 Å². The van der Waals surface area contributed by atoms with Crippen molar-refractivity contribution in [3.63, 3.8) is 0 Å². The Labute approximate surface area is 172 Å². The molecule has 1 unspecified atom stereocenters. The van der Waals surface area contributed by atoms with Gasteiger partial charge in [0.1, 0.15) is 5.82 Å². The number of rotatable bonds is 5. The number of carbonyl (C=O) groups is 2. The van der Waals surface area contributed by atoms with Gasteiger partial charge in [-0.3, -0.25) is 9.59 Å². The average Bonchev–Trinajstić information content (AvgIpc) is 2.93. The molecule has 0 aliphatic carbocycles. The van der Waals surface area contributed by atoms with E-state index in [1.54, 1.807) is 54.6 Å². The molecule has 29 heavy (non-hydrogen) atoms. The molecule has 1 amide bonds. The Kier molecular flexibility index (Phi) is 4.94. The molecular weight excluding hydrogens is 393 g/mol. The first-order valence-corrected chi connectivity index (χ1v) is 9.44. The van der Waals surface area contributed by atoms with Crippen molar-refractivity contribution < 1.29 is 19.1 Å². The number of carbonyl (C=O) groups excluding carboxylic acids is 2. The van der Waals surface area contributed by atoms with E-state index in [1.807, 2.05) is 0 Å². The minimum atomic E-state index is -2.03. The number of fused-ring (bicyclic) bond motifs is 1. The maximum absolute atomic E-state index is 14.3. The first-order chi connectivity index (χ1) is 13.9. The van der Waals surface area contributed by atoms with Crippen LogP contribution >= 0.6 is 11.6 Å². The molecule has 4 rings (SSSR count). The molecule has 6 heteroatoms. The van der Waals surface area contributed by atoms with Gasteiger partial charge in [0.25, 0.3) is 5.91 Å². The highest BCUT2D eigenvalue weighted by Crippen LogP contribution is 2.44. The summed E-state index contributed by atoms with van der Waals surface area (Å²) in [5.74, 6) is -1.58. The Morgan fingerprint density at radius 1 is 1.00 bits per heavy atom. The molecule has 0 radical (unpaired) electrons. The van der Waals surface area contributed by atoms with Crippen LogP contribution in [0.15, 0.2) is 72.8 Å². The summed E-state index contributed by atoms with van der Waals surface area (Å²) in [6, 6.07) is 19.4. The Morgan fingerprint density at radius 3 is 2.41 bits per heavy atom. The third kappa shape index (κ3) is 3.33. The Hall–Kier alpha value is -3.02. The second-order valence-electron chi connectivity index (χ2n) is 6.93. The zero-order chi connectivity index (χ0) is 20.6. The number of anilines is 1. The predicted molar refractivity (Wildman–Crippen MR) is 108 cm³/mol. The fraction of sp³-hybridized carbons (Fsp3) is 0.130. The van der Waals surface area contributed by atoms with Gasteiger partial charge in [-0.1, -0.05) is 66.2 Å². The molecule has 4 nitrogen and oxygen atoms in total. The van der Waals surface area contributed by atoms with Crippen LogP contribution in [0.3, 0.4) is 0 Å². The molecule has 0 aromatic heterocycles. The van der Waals surface area contributed by atoms with E-state index in [4.69, 9.17) is 11.6 Å². The third-order valence-corrected chi connectivity index (χ3v) is 5.48. The van der Waals surface area contributed by atoms with Crippen molar-refractivity contribution in [2.24, 2.45) is 0 Å². The van der Waals surface area contributed by atoms with Crippen molar-refractivity contribution in [1.82, 2.24) is 0 Å². The first kappa shape index (κ1) is 19.3. The second kappa shape index (κ2) is 7.43. The van der Waals surface area contributed by atoms with E-state index in [2.05, 4.69) is 0 Å². The highest BCUT2D eigenvalue weighted by atomic mass is 35.5. The number of ketones is 1. The van der Waals surface area contributed by atoms with Crippen molar-refractivity contribution in [3.05, 3.63) is 100 Å². The van der Waals surface area contributed by atoms with Gasteiger partial charge in [0.05, 0.1) is 18.7 Å². The van der Waals surface area contributed by atoms with Crippen LogP contribution in [0.2, 0.25) is 5.02 Å². The van der Waals surface area contributed by atoms with E-state index in [0.717, 1.165) is 0 Å². The molecule has 1 atom stereocenters. The van der Waals surface area contributed by atoms with Gasteiger partial charge in [-0.05, 0) is 18.2 Å².